The second-order valence-electron chi connectivity index (χ2n) is 7.60. The molecule has 1 unspecified atom stereocenters. The van der Waals surface area contributed by atoms with Crippen molar-refractivity contribution in [1.82, 2.24) is 19.8 Å². The Morgan fingerprint density at radius 1 is 1.29 bits per heavy atom. The lowest BCUT2D eigenvalue weighted by Gasteiger charge is -2.45. The predicted molar refractivity (Wildman–Crippen MR) is 108 cm³/mol. The fraction of sp³-hybridized carbons (Fsp3) is 0.500. The lowest BCUT2D eigenvalue weighted by atomic mass is 9.83. The highest BCUT2D eigenvalue weighted by Crippen LogP contribution is 2.35. The molecule has 0 radical (unpaired) electrons. The maximum Gasteiger partial charge on any atom is 0.221 e. The summed E-state index contributed by atoms with van der Waals surface area (Å²) in [6.45, 7) is 6.46. The van der Waals surface area contributed by atoms with E-state index in [0.717, 1.165) is 30.8 Å². The standard InChI is InChI=1S/C22H29N5O/c1-3-22(21-15-24-16-25-21,13-19-7-9-20(14-23)10-8-19)27(18(2)28)17-26-11-5-4-6-12-26/h7-10,15-16H,3-6,11-13,17H2,1-2H3,(H,24,25). The van der Waals surface area contributed by atoms with Crippen LogP contribution in [0, 0.1) is 11.3 Å². The molecule has 1 amide bonds. The van der Waals surface area contributed by atoms with Crippen LogP contribution < -0.4 is 0 Å². The molecule has 1 fully saturated rings. The topological polar surface area (TPSA) is 76.0 Å². The average Bonchev–Trinajstić information content (AvgIpc) is 3.27. The number of aromatic amines is 1. The van der Waals surface area contributed by atoms with Gasteiger partial charge in [0.2, 0.25) is 5.91 Å². The third-order valence-electron chi connectivity index (χ3n) is 5.85. The van der Waals surface area contributed by atoms with Crippen molar-refractivity contribution in [3.05, 3.63) is 53.6 Å². The number of likely N-dealkylation sites (tertiary alicyclic amines) is 1. The van der Waals surface area contributed by atoms with Gasteiger partial charge < -0.3 is 9.88 Å². The minimum atomic E-state index is -0.506. The van der Waals surface area contributed by atoms with Crippen molar-refractivity contribution in [1.29, 1.82) is 5.26 Å². The summed E-state index contributed by atoms with van der Waals surface area (Å²) in [4.78, 5) is 24.7. The van der Waals surface area contributed by atoms with Gasteiger partial charge in [-0.2, -0.15) is 5.26 Å². The molecule has 1 aromatic heterocycles. The Labute approximate surface area is 167 Å². The van der Waals surface area contributed by atoms with Gasteiger partial charge in [-0.1, -0.05) is 25.5 Å². The van der Waals surface area contributed by atoms with Crippen molar-refractivity contribution in [2.75, 3.05) is 19.8 Å². The number of H-pyrrole nitrogens is 1. The molecule has 1 saturated heterocycles. The van der Waals surface area contributed by atoms with Crippen molar-refractivity contribution in [3.63, 3.8) is 0 Å². The second kappa shape index (κ2) is 9.03. The van der Waals surface area contributed by atoms with Gasteiger partial charge in [-0.25, -0.2) is 4.98 Å². The van der Waals surface area contributed by atoms with Gasteiger partial charge in [-0.05, 0) is 50.0 Å². The maximum absolute atomic E-state index is 12.8. The fourth-order valence-corrected chi connectivity index (χ4v) is 4.22. The number of nitriles is 1. The molecule has 1 atom stereocenters. The normalized spacial score (nSPS) is 16.9. The molecule has 0 spiro atoms. The van der Waals surface area contributed by atoms with Crippen molar-refractivity contribution in [3.8, 4) is 6.07 Å². The second-order valence-corrected chi connectivity index (χ2v) is 7.60. The van der Waals surface area contributed by atoms with Gasteiger partial charge in [-0.3, -0.25) is 9.69 Å². The molecule has 1 N–H and O–H groups in total. The summed E-state index contributed by atoms with van der Waals surface area (Å²) in [5.74, 6) is 0.0654. The van der Waals surface area contributed by atoms with E-state index < -0.39 is 5.54 Å². The van der Waals surface area contributed by atoms with Gasteiger partial charge in [0.1, 0.15) is 0 Å². The molecule has 6 heteroatoms. The number of hydrogen-bond donors (Lipinski definition) is 1. The Morgan fingerprint density at radius 3 is 2.54 bits per heavy atom. The van der Waals surface area contributed by atoms with E-state index in [1.807, 2.05) is 35.4 Å². The minimum absolute atomic E-state index is 0.0654. The van der Waals surface area contributed by atoms with E-state index in [4.69, 9.17) is 5.26 Å². The van der Waals surface area contributed by atoms with Crippen LogP contribution in [-0.2, 0) is 16.8 Å². The molecule has 28 heavy (non-hydrogen) atoms. The maximum atomic E-state index is 12.8. The first-order valence-corrected chi connectivity index (χ1v) is 10.1. The van der Waals surface area contributed by atoms with Crippen LogP contribution in [-0.4, -0.2) is 45.4 Å². The lowest BCUT2D eigenvalue weighted by Crippen LogP contribution is -2.55. The van der Waals surface area contributed by atoms with Crippen molar-refractivity contribution >= 4 is 5.91 Å². The van der Waals surface area contributed by atoms with E-state index in [-0.39, 0.29) is 5.91 Å². The first kappa shape index (κ1) is 20.1. The highest BCUT2D eigenvalue weighted by atomic mass is 16.2. The van der Waals surface area contributed by atoms with Crippen LogP contribution in [0.5, 0.6) is 0 Å². The van der Waals surface area contributed by atoms with Crippen molar-refractivity contribution in [2.45, 2.75) is 51.5 Å². The molecule has 0 aliphatic carbocycles. The smallest absolute Gasteiger partial charge is 0.221 e. The molecule has 148 valence electrons. The molecule has 1 aliphatic heterocycles. The monoisotopic (exact) mass is 379 g/mol. The lowest BCUT2D eigenvalue weighted by molar-refractivity contribution is -0.140. The molecule has 0 saturated carbocycles. The number of imidazole rings is 1. The number of benzene rings is 1. The number of carbonyl (C=O) groups excluding carboxylic acids is 1. The molecule has 2 heterocycles. The molecular weight excluding hydrogens is 350 g/mol. The van der Waals surface area contributed by atoms with Gasteiger partial charge in [0.15, 0.2) is 0 Å². The van der Waals surface area contributed by atoms with Crippen LogP contribution in [0.25, 0.3) is 0 Å². The highest BCUT2D eigenvalue weighted by Gasteiger charge is 2.41. The van der Waals surface area contributed by atoms with Crippen molar-refractivity contribution < 1.29 is 4.79 Å². The van der Waals surface area contributed by atoms with Gasteiger partial charge in [-0.15, -0.1) is 0 Å². The third kappa shape index (κ3) is 4.26. The summed E-state index contributed by atoms with van der Waals surface area (Å²) in [7, 11) is 0. The number of aromatic nitrogens is 2. The average molecular weight is 380 g/mol. The zero-order chi connectivity index (χ0) is 20.0. The van der Waals surface area contributed by atoms with Gasteiger partial charge in [0.05, 0.1) is 42.1 Å². The van der Waals surface area contributed by atoms with Crippen LogP contribution in [0.1, 0.15) is 56.4 Å². The number of rotatable bonds is 7. The van der Waals surface area contributed by atoms with Crippen LogP contribution in [0.3, 0.4) is 0 Å². The van der Waals surface area contributed by atoms with Gasteiger partial charge in [0.25, 0.3) is 0 Å². The van der Waals surface area contributed by atoms with E-state index in [0.29, 0.717) is 18.7 Å². The van der Waals surface area contributed by atoms with E-state index in [2.05, 4.69) is 27.9 Å². The first-order valence-electron chi connectivity index (χ1n) is 10.1. The molecule has 1 aromatic carbocycles. The molecule has 2 aromatic rings. The first-order chi connectivity index (χ1) is 13.6. The minimum Gasteiger partial charge on any atom is -0.347 e. The number of piperidine rings is 1. The highest BCUT2D eigenvalue weighted by molar-refractivity contribution is 5.74. The quantitative estimate of drug-likeness (QED) is 0.800. The number of hydrogen-bond acceptors (Lipinski definition) is 4. The van der Waals surface area contributed by atoms with Crippen LogP contribution in [0.2, 0.25) is 0 Å². The Hall–Kier alpha value is -2.65. The Morgan fingerprint density at radius 2 is 2.00 bits per heavy atom. The zero-order valence-corrected chi connectivity index (χ0v) is 16.8. The summed E-state index contributed by atoms with van der Waals surface area (Å²) in [5, 5.41) is 9.08. The summed E-state index contributed by atoms with van der Waals surface area (Å²) in [5.41, 5.74) is 2.18. The van der Waals surface area contributed by atoms with E-state index in [9.17, 15) is 4.79 Å². The van der Waals surface area contributed by atoms with Crippen LogP contribution >= 0.6 is 0 Å². The van der Waals surface area contributed by atoms with E-state index in [1.165, 1.54) is 19.3 Å². The number of carbonyl (C=O) groups is 1. The number of nitrogens with one attached hydrogen (secondary N) is 1. The van der Waals surface area contributed by atoms with Crippen LogP contribution in [0.15, 0.2) is 36.8 Å². The Kier molecular flexibility index (Phi) is 6.48. The Balaban J connectivity index is 1.97. The summed E-state index contributed by atoms with van der Waals surface area (Å²) in [6.07, 6.45) is 8.58. The van der Waals surface area contributed by atoms with Crippen molar-refractivity contribution in [2.24, 2.45) is 0 Å². The van der Waals surface area contributed by atoms with Crippen LogP contribution in [0.4, 0.5) is 0 Å². The fourth-order valence-electron chi connectivity index (χ4n) is 4.22. The Bertz CT molecular complexity index is 802. The molecule has 1 aliphatic rings. The SMILES string of the molecule is CCC(Cc1ccc(C#N)cc1)(c1cnc[nH]1)N(CN1CCCCC1)C(C)=O. The number of amides is 1. The van der Waals surface area contributed by atoms with E-state index >= 15 is 0 Å². The summed E-state index contributed by atoms with van der Waals surface area (Å²) < 4.78 is 0. The molecule has 6 nitrogen and oxygen atoms in total. The molecule has 0 bridgehead atoms. The number of nitrogens with zero attached hydrogens (tertiary/aromatic N) is 4. The summed E-state index contributed by atoms with van der Waals surface area (Å²) >= 11 is 0. The summed E-state index contributed by atoms with van der Waals surface area (Å²) in [6, 6.07) is 9.81. The molecular formula is C22H29N5O. The predicted octanol–water partition coefficient (Wildman–Crippen LogP) is 3.42. The molecule has 3 rings (SSSR count). The zero-order valence-electron chi connectivity index (χ0n) is 16.8. The van der Waals surface area contributed by atoms with Gasteiger partial charge >= 0.3 is 0 Å². The van der Waals surface area contributed by atoms with E-state index in [1.54, 1.807) is 13.3 Å². The van der Waals surface area contributed by atoms with Gasteiger partial charge in [0, 0.05) is 13.3 Å². The third-order valence-corrected chi connectivity index (χ3v) is 5.85. The largest absolute Gasteiger partial charge is 0.347 e.